The summed E-state index contributed by atoms with van der Waals surface area (Å²) in [5.74, 6) is 0.131. The van der Waals surface area contributed by atoms with Crippen LogP contribution in [0, 0.1) is 3.57 Å². The quantitative estimate of drug-likeness (QED) is 0.614. The summed E-state index contributed by atoms with van der Waals surface area (Å²) >= 11 is 5.75. The van der Waals surface area contributed by atoms with Gasteiger partial charge in [-0.15, -0.1) is 0 Å². The van der Waals surface area contributed by atoms with Gasteiger partial charge in [-0.05, 0) is 64.6 Å². The van der Waals surface area contributed by atoms with Crippen molar-refractivity contribution < 1.29 is 4.79 Å². The molecule has 1 aliphatic heterocycles. The number of carbonyl (C=O) groups is 1. The number of hydrogen-bond acceptors (Lipinski definition) is 2. The van der Waals surface area contributed by atoms with E-state index < -0.39 is 0 Å². The molecule has 2 aromatic rings. The summed E-state index contributed by atoms with van der Waals surface area (Å²) < 4.78 is 2.26. The largest absolute Gasteiger partial charge is 0.336 e. The van der Waals surface area contributed by atoms with E-state index in [4.69, 9.17) is 0 Å². The van der Waals surface area contributed by atoms with Crippen LogP contribution in [-0.4, -0.2) is 41.9 Å². The third-order valence-corrected chi connectivity index (χ3v) is 5.25. The van der Waals surface area contributed by atoms with E-state index in [1.807, 2.05) is 29.2 Å². The van der Waals surface area contributed by atoms with Gasteiger partial charge in [0.2, 0.25) is 0 Å². The van der Waals surface area contributed by atoms with Gasteiger partial charge in [0.05, 0.1) is 0 Å². The number of halogens is 2. The van der Waals surface area contributed by atoms with Crippen molar-refractivity contribution in [3.8, 4) is 0 Å². The lowest BCUT2D eigenvalue weighted by Crippen LogP contribution is -2.48. The summed E-state index contributed by atoms with van der Waals surface area (Å²) in [4.78, 5) is 16.9. The lowest BCUT2D eigenvalue weighted by molar-refractivity contribution is 0.0628. The van der Waals surface area contributed by atoms with Crippen LogP contribution in [0.1, 0.15) is 15.9 Å². The average Bonchev–Trinajstić information content (AvgIpc) is 2.56. The van der Waals surface area contributed by atoms with Crippen LogP contribution in [0.5, 0.6) is 0 Å². The summed E-state index contributed by atoms with van der Waals surface area (Å²) in [5.41, 5.74) is 2.10. The summed E-state index contributed by atoms with van der Waals surface area (Å²) in [6.07, 6.45) is 0. The maximum atomic E-state index is 12.5. The fourth-order valence-electron chi connectivity index (χ4n) is 2.78. The maximum Gasteiger partial charge on any atom is 0.253 e. The van der Waals surface area contributed by atoms with Crippen molar-refractivity contribution in [2.75, 3.05) is 26.2 Å². The predicted octanol–water partition coefficient (Wildman–Crippen LogP) is 4.01. The third kappa shape index (κ3) is 4.55. The van der Waals surface area contributed by atoms with Crippen molar-refractivity contribution >= 4 is 44.4 Å². The number of carbonyl (C=O) groups excluding carboxylic acids is 1. The minimum atomic E-state index is 0.131. The summed E-state index contributed by atoms with van der Waals surface area (Å²) in [5, 5.41) is 0. The first-order valence-corrected chi connectivity index (χ1v) is 9.50. The number of benzene rings is 2. The van der Waals surface area contributed by atoms with E-state index in [1.165, 1.54) is 9.13 Å². The van der Waals surface area contributed by atoms with Crippen molar-refractivity contribution in [1.82, 2.24) is 9.80 Å². The molecule has 2 aromatic carbocycles. The number of nitrogens with zero attached hydrogens (tertiary/aromatic N) is 2. The second-order valence-electron chi connectivity index (χ2n) is 5.71. The predicted molar refractivity (Wildman–Crippen MR) is 104 cm³/mol. The molecular formula is C18H18BrIN2O. The summed E-state index contributed by atoms with van der Waals surface area (Å²) in [6, 6.07) is 16.2. The van der Waals surface area contributed by atoms with E-state index in [2.05, 4.69) is 67.7 Å². The minimum Gasteiger partial charge on any atom is -0.336 e. The first-order valence-electron chi connectivity index (χ1n) is 7.63. The molecule has 1 amide bonds. The average molecular weight is 485 g/mol. The van der Waals surface area contributed by atoms with E-state index in [9.17, 15) is 4.79 Å². The molecule has 120 valence electrons. The van der Waals surface area contributed by atoms with E-state index in [1.54, 1.807) is 0 Å². The second kappa shape index (κ2) is 7.77. The Morgan fingerprint density at radius 2 is 1.74 bits per heavy atom. The van der Waals surface area contributed by atoms with Gasteiger partial charge in [-0.3, -0.25) is 9.69 Å². The smallest absolute Gasteiger partial charge is 0.253 e. The van der Waals surface area contributed by atoms with Crippen LogP contribution < -0.4 is 0 Å². The molecule has 0 radical (unpaired) electrons. The van der Waals surface area contributed by atoms with E-state index in [0.29, 0.717) is 0 Å². The first-order chi connectivity index (χ1) is 11.1. The molecule has 3 nitrogen and oxygen atoms in total. The highest BCUT2D eigenvalue weighted by atomic mass is 127. The Balaban J connectivity index is 1.55. The van der Waals surface area contributed by atoms with Crippen molar-refractivity contribution in [1.29, 1.82) is 0 Å². The Bertz CT molecular complexity index is 682. The molecule has 0 aromatic heterocycles. The standard InChI is InChI=1S/C18H18BrIN2O/c19-16-6-4-15(5-7-16)18(23)22-10-8-21(9-11-22)13-14-2-1-3-17(20)12-14/h1-7,12H,8-11,13H2. The minimum absolute atomic E-state index is 0.131. The molecule has 0 N–H and O–H groups in total. The molecule has 0 bridgehead atoms. The van der Waals surface area contributed by atoms with Gasteiger partial charge in [-0.25, -0.2) is 0 Å². The molecule has 5 heteroatoms. The summed E-state index contributed by atoms with van der Waals surface area (Å²) in [6.45, 7) is 4.39. The topological polar surface area (TPSA) is 23.6 Å². The highest BCUT2D eigenvalue weighted by Crippen LogP contribution is 2.15. The zero-order valence-electron chi connectivity index (χ0n) is 12.7. The molecule has 23 heavy (non-hydrogen) atoms. The molecule has 1 aliphatic rings. The van der Waals surface area contributed by atoms with Crippen molar-refractivity contribution in [2.24, 2.45) is 0 Å². The van der Waals surface area contributed by atoms with Gasteiger partial charge < -0.3 is 4.90 Å². The van der Waals surface area contributed by atoms with E-state index >= 15 is 0 Å². The number of amides is 1. The number of piperazine rings is 1. The highest BCUT2D eigenvalue weighted by Gasteiger charge is 2.22. The molecule has 1 saturated heterocycles. The fraction of sp³-hybridized carbons (Fsp3) is 0.278. The van der Waals surface area contributed by atoms with E-state index in [0.717, 1.165) is 42.8 Å². The molecule has 1 heterocycles. The lowest BCUT2D eigenvalue weighted by Gasteiger charge is -2.34. The Labute approximate surface area is 158 Å². The van der Waals surface area contributed by atoms with Crippen LogP contribution in [0.4, 0.5) is 0 Å². The third-order valence-electron chi connectivity index (χ3n) is 4.05. The van der Waals surface area contributed by atoms with Gasteiger partial charge >= 0.3 is 0 Å². The Morgan fingerprint density at radius 1 is 1.04 bits per heavy atom. The van der Waals surface area contributed by atoms with Gasteiger partial charge in [0, 0.05) is 46.3 Å². The van der Waals surface area contributed by atoms with E-state index in [-0.39, 0.29) is 5.91 Å². The van der Waals surface area contributed by atoms with Crippen molar-refractivity contribution in [2.45, 2.75) is 6.54 Å². The van der Waals surface area contributed by atoms with Crippen LogP contribution in [0.15, 0.2) is 53.0 Å². The Kier molecular flexibility index (Phi) is 5.71. The molecule has 1 fully saturated rings. The lowest BCUT2D eigenvalue weighted by atomic mass is 10.1. The van der Waals surface area contributed by atoms with Crippen LogP contribution in [-0.2, 0) is 6.54 Å². The Hall–Kier alpha value is -0.920. The van der Waals surface area contributed by atoms with Gasteiger partial charge in [-0.1, -0.05) is 28.1 Å². The Morgan fingerprint density at radius 3 is 2.39 bits per heavy atom. The zero-order valence-corrected chi connectivity index (χ0v) is 16.5. The van der Waals surface area contributed by atoms with Crippen LogP contribution in [0.2, 0.25) is 0 Å². The van der Waals surface area contributed by atoms with Crippen molar-refractivity contribution in [3.63, 3.8) is 0 Å². The first kappa shape index (κ1) is 16.9. The fourth-order valence-corrected chi connectivity index (χ4v) is 3.65. The second-order valence-corrected chi connectivity index (χ2v) is 7.87. The highest BCUT2D eigenvalue weighted by molar-refractivity contribution is 14.1. The number of rotatable bonds is 3. The summed E-state index contributed by atoms with van der Waals surface area (Å²) in [7, 11) is 0. The normalized spacial score (nSPS) is 15.7. The molecule has 0 spiro atoms. The molecule has 0 atom stereocenters. The van der Waals surface area contributed by atoms with Gasteiger partial charge in [0.1, 0.15) is 0 Å². The van der Waals surface area contributed by atoms with Gasteiger partial charge in [0.15, 0.2) is 0 Å². The maximum absolute atomic E-state index is 12.5. The van der Waals surface area contributed by atoms with Crippen LogP contribution >= 0.6 is 38.5 Å². The monoisotopic (exact) mass is 484 g/mol. The van der Waals surface area contributed by atoms with Crippen LogP contribution in [0.25, 0.3) is 0 Å². The number of hydrogen-bond donors (Lipinski definition) is 0. The molecule has 0 unspecified atom stereocenters. The molecule has 0 aliphatic carbocycles. The zero-order chi connectivity index (χ0) is 16.2. The molecule has 0 saturated carbocycles. The van der Waals surface area contributed by atoms with Crippen LogP contribution in [0.3, 0.4) is 0 Å². The molecular weight excluding hydrogens is 467 g/mol. The SMILES string of the molecule is O=C(c1ccc(Br)cc1)N1CCN(Cc2cccc(I)c2)CC1. The van der Waals surface area contributed by atoms with Gasteiger partial charge in [0.25, 0.3) is 5.91 Å². The van der Waals surface area contributed by atoms with Gasteiger partial charge in [-0.2, -0.15) is 0 Å². The van der Waals surface area contributed by atoms with Crippen molar-refractivity contribution in [3.05, 3.63) is 67.7 Å². The molecule has 3 rings (SSSR count).